The highest BCUT2D eigenvalue weighted by molar-refractivity contribution is 9.10. The summed E-state index contributed by atoms with van der Waals surface area (Å²) in [4.78, 5) is 0. The van der Waals surface area contributed by atoms with E-state index in [1.165, 1.54) is 0 Å². The number of hydrogen-bond acceptors (Lipinski definition) is 3. The molecule has 0 fully saturated rings. The summed E-state index contributed by atoms with van der Waals surface area (Å²) in [6.07, 6.45) is 3.67. The lowest BCUT2D eigenvalue weighted by atomic mass is 10.2. The molecule has 90 valence electrons. The first-order chi connectivity index (χ1) is 8.19. The van der Waals surface area contributed by atoms with E-state index >= 15 is 0 Å². The Morgan fingerprint density at radius 1 is 1.47 bits per heavy atom. The molecule has 2 rings (SSSR count). The van der Waals surface area contributed by atoms with E-state index in [1.807, 2.05) is 36.0 Å². The van der Waals surface area contributed by atoms with Gasteiger partial charge in [-0.15, -0.1) is 0 Å². The van der Waals surface area contributed by atoms with E-state index in [4.69, 9.17) is 10.5 Å². The van der Waals surface area contributed by atoms with E-state index in [2.05, 4.69) is 21.0 Å². The summed E-state index contributed by atoms with van der Waals surface area (Å²) >= 11 is 3.37. The van der Waals surface area contributed by atoms with Crippen LogP contribution in [-0.2, 0) is 6.54 Å². The maximum absolute atomic E-state index is 5.79. The number of nitrogens with zero attached hydrogens (tertiary/aromatic N) is 2. The maximum Gasteiger partial charge on any atom is 0.124 e. The SMILES string of the molecule is CCOc1ccc(N)cc1Cn1cc(Br)cn1. The summed E-state index contributed by atoms with van der Waals surface area (Å²) < 4.78 is 8.36. The molecule has 0 saturated heterocycles. The molecule has 1 aromatic carbocycles. The smallest absolute Gasteiger partial charge is 0.124 e. The minimum absolute atomic E-state index is 0.639. The molecule has 0 aliphatic rings. The predicted molar refractivity (Wildman–Crippen MR) is 71.1 cm³/mol. The van der Waals surface area contributed by atoms with Crippen molar-refractivity contribution in [3.8, 4) is 5.75 Å². The third-order valence-electron chi connectivity index (χ3n) is 2.32. The first-order valence-corrected chi connectivity index (χ1v) is 6.17. The summed E-state index contributed by atoms with van der Waals surface area (Å²) in [5.41, 5.74) is 7.55. The zero-order valence-electron chi connectivity index (χ0n) is 9.56. The molecule has 0 amide bonds. The van der Waals surface area contributed by atoms with Gasteiger partial charge in [-0.05, 0) is 41.1 Å². The van der Waals surface area contributed by atoms with Gasteiger partial charge in [0, 0.05) is 17.4 Å². The van der Waals surface area contributed by atoms with E-state index in [-0.39, 0.29) is 0 Å². The van der Waals surface area contributed by atoms with Crippen LogP contribution in [0.5, 0.6) is 5.75 Å². The van der Waals surface area contributed by atoms with Gasteiger partial charge < -0.3 is 10.5 Å². The molecule has 4 nitrogen and oxygen atoms in total. The van der Waals surface area contributed by atoms with Crippen LogP contribution in [0.15, 0.2) is 35.1 Å². The Labute approximate surface area is 109 Å². The van der Waals surface area contributed by atoms with Crippen LogP contribution in [0, 0.1) is 0 Å². The predicted octanol–water partition coefficient (Wildman–Crippen LogP) is 2.67. The molecular weight excluding hydrogens is 282 g/mol. The van der Waals surface area contributed by atoms with Crippen LogP contribution in [0.3, 0.4) is 0 Å². The normalized spacial score (nSPS) is 10.5. The Morgan fingerprint density at radius 3 is 2.94 bits per heavy atom. The van der Waals surface area contributed by atoms with Crippen molar-refractivity contribution in [2.24, 2.45) is 0 Å². The molecular formula is C12H14BrN3O. The molecule has 0 atom stereocenters. The third kappa shape index (κ3) is 3.00. The van der Waals surface area contributed by atoms with Crippen molar-refractivity contribution in [2.75, 3.05) is 12.3 Å². The summed E-state index contributed by atoms with van der Waals surface area (Å²) in [7, 11) is 0. The molecule has 0 bridgehead atoms. The van der Waals surface area contributed by atoms with Crippen LogP contribution in [0.2, 0.25) is 0 Å². The van der Waals surface area contributed by atoms with Crippen molar-refractivity contribution in [3.63, 3.8) is 0 Å². The van der Waals surface area contributed by atoms with Crippen LogP contribution in [0.4, 0.5) is 5.69 Å². The summed E-state index contributed by atoms with van der Waals surface area (Å²) in [5, 5.41) is 4.22. The number of rotatable bonds is 4. The quantitative estimate of drug-likeness (QED) is 0.883. The van der Waals surface area contributed by atoms with Crippen LogP contribution in [0.25, 0.3) is 0 Å². The molecule has 2 N–H and O–H groups in total. The number of anilines is 1. The molecule has 1 aromatic heterocycles. The topological polar surface area (TPSA) is 53.1 Å². The van der Waals surface area contributed by atoms with Gasteiger partial charge in [-0.25, -0.2) is 0 Å². The monoisotopic (exact) mass is 295 g/mol. The van der Waals surface area contributed by atoms with Gasteiger partial charge in [0.05, 0.1) is 23.8 Å². The highest BCUT2D eigenvalue weighted by Crippen LogP contribution is 2.22. The van der Waals surface area contributed by atoms with Crippen molar-refractivity contribution in [1.29, 1.82) is 0 Å². The average molecular weight is 296 g/mol. The molecule has 17 heavy (non-hydrogen) atoms. The van der Waals surface area contributed by atoms with E-state index in [1.54, 1.807) is 6.20 Å². The number of halogens is 1. The Balaban J connectivity index is 2.26. The first kappa shape index (κ1) is 12.0. The lowest BCUT2D eigenvalue weighted by Crippen LogP contribution is -2.04. The maximum atomic E-state index is 5.79. The van der Waals surface area contributed by atoms with E-state index in [0.29, 0.717) is 13.2 Å². The fourth-order valence-corrected chi connectivity index (χ4v) is 1.95. The molecule has 0 unspecified atom stereocenters. The standard InChI is InChI=1S/C12H14BrN3O/c1-2-17-12-4-3-11(14)5-9(12)7-16-8-10(13)6-15-16/h3-6,8H,2,7,14H2,1H3. The second kappa shape index (κ2) is 5.23. The zero-order chi connectivity index (χ0) is 12.3. The minimum atomic E-state index is 0.639. The van der Waals surface area contributed by atoms with Crippen molar-refractivity contribution < 1.29 is 4.74 Å². The Bertz CT molecular complexity index is 510. The number of nitrogens with two attached hydrogens (primary N) is 1. The van der Waals surface area contributed by atoms with Crippen LogP contribution < -0.4 is 10.5 Å². The molecule has 0 aliphatic heterocycles. The number of aromatic nitrogens is 2. The second-order valence-electron chi connectivity index (χ2n) is 3.66. The van der Waals surface area contributed by atoms with Gasteiger partial charge in [0.2, 0.25) is 0 Å². The van der Waals surface area contributed by atoms with Gasteiger partial charge in [-0.3, -0.25) is 4.68 Å². The summed E-state index contributed by atoms with van der Waals surface area (Å²) in [5.74, 6) is 0.855. The number of hydrogen-bond donors (Lipinski definition) is 1. The third-order valence-corrected chi connectivity index (χ3v) is 2.73. The fraction of sp³-hybridized carbons (Fsp3) is 0.250. The summed E-state index contributed by atoms with van der Waals surface area (Å²) in [6.45, 7) is 3.25. The van der Waals surface area contributed by atoms with Gasteiger partial charge in [-0.1, -0.05) is 0 Å². The van der Waals surface area contributed by atoms with Crippen LogP contribution in [0.1, 0.15) is 12.5 Å². The lowest BCUT2D eigenvalue weighted by Gasteiger charge is -2.11. The Kier molecular flexibility index (Phi) is 3.68. The number of benzene rings is 1. The largest absolute Gasteiger partial charge is 0.494 e. The fourth-order valence-electron chi connectivity index (χ4n) is 1.62. The van der Waals surface area contributed by atoms with Gasteiger partial charge >= 0.3 is 0 Å². The van der Waals surface area contributed by atoms with Crippen LogP contribution in [-0.4, -0.2) is 16.4 Å². The Morgan fingerprint density at radius 2 is 2.29 bits per heavy atom. The van der Waals surface area contributed by atoms with E-state index in [0.717, 1.165) is 21.5 Å². The van der Waals surface area contributed by atoms with E-state index < -0.39 is 0 Å². The highest BCUT2D eigenvalue weighted by atomic mass is 79.9. The lowest BCUT2D eigenvalue weighted by molar-refractivity contribution is 0.335. The number of nitrogen functional groups attached to an aromatic ring is 1. The molecule has 0 radical (unpaired) electrons. The van der Waals surface area contributed by atoms with E-state index in [9.17, 15) is 0 Å². The minimum Gasteiger partial charge on any atom is -0.494 e. The van der Waals surface area contributed by atoms with Gasteiger partial charge in [0.15, 0.2) is 0 Å². The zero-order valence-corrected chi connectivity index (χ0v) is 11.1. The van der Waals surface area contributed by atoms with Crippen molar-refractivity contribution >= 4 is 21.6 Å². The summed E-state index contributed by atoms with van der Waals surface area (Å²) in [6, 6.07) is 5.65. The molecule has 5 heteroatoms. The first-order valence-electron chi connectivity index (χ1n) is 5.38. The van der Waals surface area contributed by atoms with Crippen molar-refractivity contribution in [1.82, 2.24) is 9.78 Å². The second-order valence-corrected chi connectivity index (χ2v) is 4.57. The molecule has 0 aliphatic carbocycles. The average Bonchev–Trinajstić information content (AvgIpc) is 2.68. The van der Waals surface area contributed by atoms with Crippen molar-refractivity contribution in [3.05, 3.63) is 40.6 Å². The Hall–Kier alpha value is -1.49. The highest BCUT2D eigenvalue weighted by Gasteiger charge is 2.06. The van der Waals surface area contributed by atoms with Crippen LogP contribution >= 0.6 is 15.9 Å². The molecule has 2 aromatic rings. The van der Waals surface area contributed by atoms with Gasteiger partial charge in [0.1, 0.15) is 5.75 Å². The van der Waals surface area contributed by atoms with Gasteiger partial charge in [-0.2, -0.15) is 5.10 Å². The molecule has 0 saturated carbocycles. The van der Waals surface area contributed by atoms with Gasteiger partial charge in [0.25, 0.3) is 0 Å². The molecule has 1 heterocycles. The molecule has 0 spiro atoms. The van der Waals surface area contributed by atoms with Crippen molar-refractivity contribution in [2.45, 2.75) is 13.5 Å². The number of ether oxygens (including phenoxy) is 1.